The smallest absolute Gasteiger partial charge is 0.128 e. The third-order valence-corrected chi connectivity index (χ3v) is 2.92. The summed E-state index contributed by atoms with van der Waals surface area (Å²) in [5.41, 5.74) is 1.17. The van der Waals surface area contributed by atoms with E-state index in [1.54, 1.807) is 11.3 Å². The summed E-state index contributed by atoms with van der Waals surface area (Å²) >= 11 is 1.70. The molecule has 4 heteroatoms. The fourth-order valence-electron chi connectivity index (χ4n) is 1.50. The zero-order valence-corrected chi connectivity index (χ0v) is 9.63. The highest BCUT2D eigenvalue weighted by molar-refractivity contribution is 7.08. The van der Waals surface area contributed by atoms with Crippen LogP contribution in [0.2, 0.25) is 0 Å². The number of hydrogen-bond donors (Lipinski definition) is 1. The molecule has 0 aliphatic heterocycles. The van der Waals surface area contributed by atoms with Crippen molar-refractivity contribution in [2.45, 2.75) is 26.4 Å². The number of rotatable bonds is 5. The largest absolute Gasteiger partial charge is 0.377 e. The number of thiophene rings is 1. The Balaban J connectivity index is 1.95. The Morgan fingerprint density at radius 1 is 1.53 bits per heavy atom. The van der Waals surface area contributed by atoms with Gasteiger partial charge in [0.1, 0.15) is 5.82 Å². The van der Waals surface area contributed by atoms with Crippen LogP contribution in [0.15, 0.2) is 29.2 Å². The summed E-state index contributed by atoms with van der Waals surface area (Å²) in [7, 11) is 0. The topological polar surface area (TPSA) is 29.9 Å². The van der Waals surface area contributed by atoms with Gasteiger partial charge in [0.05, 0.1) is 6.54 Å². The van der Waals surface area contributed by atoms with Crippen molar-refractivity contribution in [2.24, 2.45) is 0 Å². The van der Waals surface area contributed by atoms with Crippen LogP contribution in [0.1, 0.15) is 19.2 Å². The zero-order chi connectivity index (χ0) is 10.5. The summed E-state index contributed by atoms with van der Waals surface area (Å²) in [4.78, 5) is 4.34. The first-order valence-electron chi connectivity index (χ1n) is 5.16. The molecule has 0 fully saturated rings. The van der Waals surface area contributed by atoms with Gasteiger partial charge in [-0.3, -0.25) is 0 Å². The molecule has 0 aliphatic carbocycles. The van der Waals surface area contributed by atoms with Crippen LogP contribution in [-0.2, 0) is 13.1 Å². The molecule has 0 atom stereocenters. The molecule has 0 saturated heterocycles. The van der Waals surface area contributed by atoms with Crippen LogP contribution in [0.3, 0.4) is 0 Å². The number of aromatic nitrogens is 2. The van der Waals surface area contributed by atoms with Gasteiger partial charge in [0.25, 0.3) is 0 Å². The molecule has 2 rings (SSSR count). The number of anilines is 1. The van der Waals surface area contributed by atoms with E-state index in [4.69, 9.17) is 0 Å². The van der Waals surface area contributed by atoms with Crippen molar-refractivity contribution < 1.29 is 0 Å². The molecule has 15 heavy (non-hydrogen) atoms. The fraction of sp³-hybridized carbons (Fsp3) is 0.364. The Hall–Kier alpha value is -1.29. The fourth-order valence-corrected chi connectivity index (χ4v) is 2.11. The molecule has 2 aromatic heterocycles. The van der Waals surface area contributed by atoms with Crippen molar-refractivity contribution in [3.63, 3.8) is 0 Å². The van der Waals surface area contributed by atoms with Gasteiger partial charge in [-0.25, -0.2) is 4.98 Å². The van der Waals surface area contributed by atoms with E-state index < -0.39 is 0 Å². The average molecular weight is 221 g/mol. The maximum absolute atomic E-state index is 4.34. The predicted molar refractivity (Wildman–Crippen MR) is 64.2 cm³/mol. The van der Waals surface area contributed by atoms with Crippen LogP contribution in [0.25, 0.3) is 0 Å². The number of imidazole rings is 1. The van der Waals surface area contributed by atoms with E-state index in [-0.39, 0.29) is 0 Å². The van der Waals surface area contributed by atoms with Crippen LogP contribution in [-0.4, -0.2) is 9.55 Å². The monoisotopic (exact) mass is 221 g/mol. The third-order valence-electron chi connectivity index (χ3n) is 2.24. The number of hydrogen-bond acceptors (Lipinski definition) is 3. The molecule has 2 aromatic rings. The minimum Gasteiger partial charge on any atom is -0.377 e. The Morgan fingerprint density at radius 2 is 2.47 bits per heavy atom. The van der Waals surface area contributed by atoms with Gasteiger partial charge in [0.2, 0.25) is 0 Å². The Labute approximate surface area is 93.8 Å². The van der Waals surface area contributed by atoms with Gasteiger partial charge in [-0.15, -0.1) is 0 Å². The van der Waals surface area contributed by atoms with E-state index in [1.165, 1.54) is 5.69 Å². The summed E-state index contributed by atoms with van der Waals surface area (Å²) in [6.07, 6.45) is 5.04. The average Bonchev–Trinajstić information content (AvgIpc) is 2.85. The highest BCUT2D eigenvalue weighted by Gasteiger charge is 2.01. The number of aryl methyl sites for hydroxylation is 1. The normalized spacial score (nSPS) is 10.5. The van der Waals surface area contributed by atoms with Crippen molar-refractivity contribution in [2.75, 3.05) is 5.32 Å². The second-order valence-electron chi connectivity index (χ2n) is 3.40. The van der Waals surface area contributed by atoms with Crippen LogP contribution in [0.5, 0.6) is 0 Å². The molecule has 0 radical (unpaired) electrons. The van der Waals surface area contributed by atoms with E-state index in [9.17, 15) is 0 Å². The highest BCUT2D eigenvalue weighted by Crippen LogP contribution is 2.12. The zero-order valence-electron chi connectivity index (χ0n) is 8.81. The molecular formula is C11H15N3S. The molecule has 0 spiro atoms. The lowest BCUT2D eigenvalue weighted by molar-refractivity contribution is 0.644. The van der Waals surface area contributed by atoms with Crippen molar-refractivity contribution in [1.29, 1.82) is 0 Å². The van der Waals surface area contributed by atoms with Gasteiger partial charge in [-0.05, 0) is 17.9 Å². The quantitative estimate of drug-likeness (QED) is 0.841. The molecular weight excluding hydrogens is 206 g/mol. The van der Waals surface area contributed by atoms with Crippen LogP contribution >= 0.6 is 11.3 Å². The summed E-state index contributed by atoms with van der Waals surface area (Å²) in [5.74, 6) is 1.10. The number of nitrogens with zero attached hydrogens (tertiary/aromatic N) is 2. The first-order valence-corrected chi connectivity index (χ1v) is 6.10. The summed E-state index contributed by atoms with van der Waals surface area (Å²) < 4.78 is 2.19. The minimum absolute atomic E-state index is 0.795. The second kappa shape index (κ2) is 4.98. The van der Waals surface area contributed by atoms with Crippen LogP contribution in [0.4, 0.5) is 5.69 Å². The lowest BCUT2D eigenvalue weighted by Crippen LogP contribution is -2.07. The number of nitrogens with one attached hydrogen (secondary N) is 1. The van der Waals surface area contributed by atoms with E-state index in [1.807, 2.05) is 12.4 Å². The van der Waals surface area contributed by atoms with Gasteiger partial charge in [0.15, 0.2) is 0 Å². The van der Waals surface area contributed by atoms with Gasteiger partial charge < -0.3 is 9.88 Å². The molecule has 0 aliphatic rings. The first kappa shape index (κ1) is 10.2. The minimum atomic E-state index is 0.795. The Bertz CT molecular complexity index is 392. The molecule has 0 bridgehead atoms. The van der Waals surface area contributed by atoms with E-state index in [0.29, 0.717) is 0 Å². The molecule has 2 heterocycles. The van der Waals surface area contributed by atoms with E-state index in [2.05, 4.69) is 38.6 Å². The van der Waals surface area contributed by atoms with Gasteiger partial charge >= 0.3 is 0 Å². The second-order valence-corrected chi connectivity index (χ2v) is 4.18. The SMILES string of the molecule is CCCn1ccnc1CNc1ccsc1. The summed E-state index contributed by atoms with van der Waals surface area (Å²) in [5, 5.41) is 7.53. The Morgan fingerprint density at radius 3 is 3.20 bits per heavy atom. The van der Waals surface area contributed by atoms with Gasteiger partial charge in [-0.2, -0.15) is 11.3 Å². The third kappa shape index (κ3) is 2.59. The maximum Gasteiger partial charge on any atom is 0.128 e. The standard InChI is InChI=1S/C11H15N3S/c1-2-5-14-6-4-12-11(14)8-13-10-3-7-15-9-10/h3-4,6-7,9,13H,2,5,8H2,1H3. The lowest BCUT2D eigenvalue weighted by atomic mass is 10.4. The summed E-state index contributed by atoms with van der Waals surface area (Å²) in [6.45, 7) is 4.01. The predicted octanol–water partition coefficient (Wildman–Crippen LogP) is 2.97. The van der Waals surface area contributed by atoms with Crippen LogP contribution < -0.4 is 5.32 Å². The maximum atomic E-state index is 4.34. The molecule has 3 nitrogen and oxygen atoms in total. The van der Waals surface area contributed by atoms with E-state index in [0.717, 1.165) is 25.3 Å². The molecule has 80 valence electrons. The molecule has 0 unspecified atom stereocenters. The van der Waals surface area contributed by atoms with Crippen molar-refractivity contribution in [3.8, 4) is 0 Å². The molecule has 0 aromatic carbocycles. The molecule has 0 saturated carbocycles. The van der Waals surface area contributed by atoms with Crippen molar-refractivity contribution in [1.82, 2.24) is 9.55 Å². The van der Waals surface area contributed by atoms with Crippen LogP contribution in [0, 0.1) is 0 Å². The molecule has 0 amide bonds. The van der Waals surface area contributed by atoms with Gasteiger partial charge in [-0.1, -0.05) is 6.92 Å². The van der Waals surface area contributed by atoms with Crippen molar-refractivity contribution in [3.05, 3.63) is 35.0 Å². The highest BCUT2D eigenvalue weighted by atomic mass is 32.1. The van der Waals surface area contributed by atoms with Gasteiger partial charge in [0, 0.05) is 30.0 Å². The lowest BCUT2D eigenvalue weighted by Gasteiger charge is -2.07. The molecule has 1 N–H and O–H groups in total. The first-order chi connectivity index (χ1) is 7.40. The van der Waals surface area contributed by atoms with Crippen molar-refractivity contribution >= 4 is 17.0 Å². The van der Waals surface area contributed by atoms with E-state index >= 15 is 0 Å². The summed E-state index contributed by atoms with van der Waals surface area (Å²) in [6, 6.07) is 2.08. The Kier molecular flexibility index (Phi) is 3.40.